The maximum Gasteiger partial charge on any atom is 0.333 e. The first-order valence-corrected chi connectivity index (χ1v) is 8.63. The van der Waals surface area contributed by atoms with E-state index in [-0.39, 0.29) is 17.9 Å². The Balaban J connectivity index is 2.09. The van der Waals surface area contributed by atoms with Gasteiger partial charge in [-0.1, -0.05) is 12.1 Å². The van der Waals surface area contributed by atoms with E-state index in [0.29, 0.717) is 27.9 Å². The predicted octanol–water partition coefficient (Wildman–Crippen LogP) is 3.03. The van der Waals surface area contributed by atoms with Gasteiger partial charge in [-0.2, -0.15) is 0 Å². The zero-order chi connectivity index (χ0) is 20.6. The normalized spacial score (nSPS) is 16.7. The van der Waals surface area contributed by atoms with E-state index in [1.807, 2.05) is 0 Å². The molecule has 1 unspecified atom stereocenters. The van der Waals surface area contributed by atoms with Gasteiger partial charge in [0.2, 0.25) is 11.8 Å². The molecule has 6 nitrogen and oxygen atoms in total. The van der Waals surface area contributed by atoms with E-state index < -0.39 is 23.6 Å². The molecule has 144 valence electrons. The number of anilines is 1. The number of benzene rings is 2. The molecule has 1 heterocycles. The Morgan fingerprint density at radius 1 is 1.18 bits per heavy atom. The summed E-state index contributed by atoms with van der Waals surface area (Å²) in [6.07, 6.45) is 1.16. The van der Waals surface area contributed by atoms with Crippen LogP contribution in [0.25, 0.3) is 0 Å². The minimum Gasteiger partial charge on any atom is -0.478 e. The number of hydrogen-bond acceptors (Lipinski definition) is 3. The fourth-order valence-corrected chi connectivity index (χ4v) is 3.45. The number of aliphatic carboxylic acids is 1. The number of rotatable bonds is 4. The number of carbonyl (C=O) groups excluding carboxylic acids is 2. The SMILES string of the molecule is Cc1c(C(N)=O)ccc(N2C=C(C(=O)O)C(c3cccc(F)c3)CC2=O)c1C. The molecule has 0 bridgehead atoms. The van der Waals surface area contributed by atoms with Crippen molar-refractivity contribution in [2.75, 3.05) is 4.90 Å². The second-order valence-corrected chi connectivity index (χ2v) is 6.71. The van der Waals surface area contributed by atoms with Crippen molar-refractivity contribution < 1.29 is 23.9 Å². The lowest BCUT2D eigenvalue weighted by Gasteiger charge is -2.31. The Bertz CT molecular complexity index is 1030. The first kappa shape index (κ1) is 19.3. The summed E-state index contributed by atoms with van der Waals surface area (Å²) in [5.74, 6) is -3.33. The lowest BCUT2D eigenvalue weighted by Crippen LogP contribution is -2.35. The minimum atomic E-state index is -1.19. The van der Waals surface area contributed by atoms with Crippen molar-refractivity contribution in [2.45, 2.75) is 26.2 Å². The van der Waals surface area contributed by atoms with E-state index in [2.05, 4.69) is 0 Å². The molecule has 0 fully saturated rings. The van der Waals surface area contributed by atoms with E-state index in [9.17, 15) is 23.9 Å². The van der Waals surface area contributed by atoms with Gasteiger partial charge >= 0.3 is 5.97 Å². The molecule has 1 aliphatic heterocycles. The van der Waals surface area contributed by atoms with Crippen LogP contribution in [0.3, 0.4) is 0 Å². The molecule has 0 radical (unpaired) electrons. The number of hydrogen-bond donors (Lipinski definition) is 2. The van der Waals surface area contributed by atoms with Gasteiger partial charge in [-0.3, -0.25) is 14.5 Å². The molecule has 0 aliphatic carbocycles. The monoisotopic (exact) mass is 382 g/mol. The van der Waals surface area contributed by atoms with Crippen LogP contribution in [0.5, 0.6) is 0 Å². The summed E-state index contributed by atoms with van der Waals surface area (Å²) < 4.78 is 13.6. The second kappa shape index (κ2) is 7.26. The molecule has 3 N–H and O–H groups in total. The Labute approximate surface area is 161 Å². The standard InChI is InChI=1S/C21H19FN2O4/c1-11-12(2)18(7-6-15(11)20(23)26)24-10-17(21(27)28)16(9-19(24)25)13-4-3-5-14(22)8-13/h3-8,10,16H,9H2,1-2H3,(H2,23,26)(H,27,28). The Morgan fingerprint density at radius 3 is 2.50 bits per heavy atom. The van der Waals surface area contributed by atoms with E-state index >= 15 is 0 Å². The van der Waals surface area contributed by atoms with Gasteiger partial charge in [0.15, 0.2) is 0 Å². The van der Waals surface area contributed by atoms with Crippen LogP contribution < -0.4 is 10.6 Å². The molecular weight excluding hydrogens is 363 g/mol. The number of nitrogens with two attached hydrogens (primary N) is 1. The highest BCUT2D eigenvalue weighted by molar-refractivity contribution is 6.03. The molecule has 1 atom stereocenters. The average Bonchev–Trinajstić information content (AvgIpc) is 2.63. The van der Waals surface area contributed by atoms with Gasteiger partial charge in [-0.15, -0.1) is 0 Å². The van der Waals surface area contributed by atoms with Gasteiger partial charge in [-0.25, -0.2) is 9.18 Å². The molecular formula is C21H19FN2O4. The van der Waals surface area contributed by atoms with Crippen molar-refractivity contribution in [3.63, 3.8) is 0 Å². The number of carboxylic acid groups (broad SMARTS) is 1. The van der Waals surface area contributed by atoms with E-state index in [1.165, 1.54) is 35.4 Å². The van der Waals surface area contributed by atoms with Gasteiger partial charge in [0.05, 0.1) is 11.3 Å². The lowest BCUT2D eigenvalue weighted by atomic mass is 9.85. The van der Waals surface area contributed by atoms with Crippen molar-refractivity contribution >= 4 is 23.5 Å². The number of primary amides is 1. The summed E-state index contributed by atoms with van der Waals surface area (Å²) in [7, 11) is 0. The predicted molar refractivity (Wildman–Crippen MR) is 101 cm³/mol. The third-order valence-electron chi connectivity index (χ3n) is 5.07. The van der Waals surface area contributed by atoms with E-state index in [0.717, 1.165) is 0 Å². The largest absolute Gasteiger partial charge is 0.478 e. The number of nitrogens with zero attached hydrogens (tertiary/aromatic N) is 1. The van der Waals surface area contributed by atoms with Crippen molar-refractivity contribution in [2.24, 2.45) is 5.73 Å². The fraction of sp³-hybridized carbons (Fsp3) is 0.190. The summed E-state index contributed by atoms with van der Waals surface area (Å²) in [6.45, 7) is 3.45. The molecule has 2 aromatic carbocycles. The maximum atomic E-state index is 13.6. The third-order valence-corrected chi connectivity index (χ3v) is 5.07. The highest BCUT2D eigenvalue weighted by Crippen LogP contribution is 2.36. The Morgan fingerprint density at radius 2 is 1.89 bits per heavy atom. The average molecular weight is 382 g/mol. The van der Waals surface area contributed by atoms with Gasteiger partial charge in [0.1, 0.15) is 5.82 Å². The highest BCUT2D eigenvalue weighted by Gasteiger charge is 2.34. The number of carboxylic acids is 1. The molecule has 0 spiro atoms. The van der Waals surface area contributed by atoms with Crippen molar-refractivity contribution in [3.8, 4) is 0 Å². The Kier molecular flexibility index (Phi) is 5.00. The molecule has 0 saturated carbocycles. The van der Waals surface area contributed by atoms with Crippen LogP contribution in [-0.4, -0.2) is 22.9 Å². The second-order valence-electron chi connectivity index (χ2n) is 6.71. The molecule has 0 aromatic heterocycles. The summed E-state index contributed by atoms with van der Waals surface area (Å²) >= 11 is 0. The maximum absolute atomic E-state index is 13.6. The minimum absolute atomic E-state index is 0.0127. The van der Waals surface area contributed by atoms with E-state index in [1.54, 1.807) is 26.0 Å². The first-order chi connectivity index (χ1) is 13.2. The Hall–Kier alpha value is -3.48. The molecule has 1 aliphatic rings. The van der Waals surface area contributed by atoms with Gasteiger partial charge < -0.3 is 10.8 Å². The first-order valence-electron chi connectivity index (χ1n) is 8.63. The molecule has 0 saturated heterocycles. The number of amides is 2. The number of carbonyl (C=O) groups is 3. The molecule has 28 heavy (non-hydrogen) atoms. The topological polar surface area (TPSA) is 101 Å². The quantitative estimate of drug-likeness (QED) is 0.849. The van der Waals surface area contributed by atoms with Gasteiger partial charge in [0, 0.05) is 24.1 Å². The smallest absolute Gasteiger partial charge is 0.333 e. The zero-order valence-electron chi connectivity index (χ0n) is 15.4. The summed E-state index contributed by atoms with van der Waals surface area (Å²) in [6, 6.07) is 8.67. The number of halogens is 1. The summed E-state index contributed by atoms with van der Waals surface area (Å²) in [4.78, 5) is 37.4. The molecule has 2 amide bonds. The van der Waals surface area contributed by atoms with Crippen LogP contribution in [0.2, 0.25) is 0 Å². The molecule has 3 rings (SSSR count). The third kappa shape index (κ3) is 3.38. The summed E-state index contributed by atoms with van der Waals surface area (Å²) in [5.41, 5.74) is 7.86. The lowest BCUT2D eigenvalue weighted by molar-refractivity contribution is -0.133. The van der Waals surface area contributed by atoms with Crippen LogP contribution in [0.15, 0.2) is 48.2 Å². The molecule has 7 heteroatoms. The van der Waals surface area contributed by atoms with Crippen LogP contribution in [0.4, 0.5) is 10.1 Å². The van der Waals surface area contributed by atoms with Crippen LogP contribution in [0, 0.1) is 19.7 Å². The van der Waals surface area contributed by atoms with Gasteiger partial charge in [-0.05, 0) is 54.8 Å². The highest BCUT2D eigenvalue weighted by atomic mass is 19.1. The van der Waals surface area contributed by atoms with Crippen molar-refractivity contribution in [1.82, 2.24) is 0 Å². The molecule has 2 aromatic rings. The van der Waals surface area contributed by atoms with Crippen LogP contribution >= 0.6 is 0 Å². The zero-order valence-corrected chi connectivity index (χ0v) is 15.4. The van der Waals surface area contributed by atoms with Crippen molar-refractivity contribution in [1.29, 1.82) is 0 Å². The van der Waals surface area contributed by atoms with E-state index in [4.69, 9.17) is 5.73 Å². The van der Waals surface area contributed by atoms with Crippen molar-refractivity contribution in [3.05, 3.63) is 76.2 Å². The summed E-state index contributed by atoms with van der Waals surface area (Å²) in [5, 5.41) is 9.67. The fourth-order valence-electron chi connectivity index (χ4n) is 3.45. The van der Waals surface area contributed by atoms with Crippen LogP contribution in [0.1, 0.15) is 39.4 Å². The van der Waals surface area contributed by atoms with Crippen LogP contribution in [-0.2, 0) is 9.59 Å². The van der Waals surface area contributed by atoms with Gasteiger partial charge in [0.25, 0.3) is 0 Å².